The van der Waals surface area contributed by atoms with Gasteiger partial charge in [0.05, 0.1) is 2.56 Å². The maximum Gasteiger partial charge on any atom is 0.0677 e. The Bertz CT molecular complexity index is 43.3. The van der Waals surface area contributed by atoms with Crippen molar-refractivity contribution in [3.8, 4) is 0 Å². The molecule has 32 valence electrons. The van der Waals surface area contributed by atoms with Crippen molar-refractivity contribution in [1.82, 2.24) is 0 Å². The number of hydrogen-bond donors (Lipinski definition) is 0. The second-order valence-corrected chi connectivity index (χ2v) is 13.0. The van der Waals surface area contributed by atoms with E-state index in [1.165, 1.54) is 0 Å². The minimum Gasteiger partial charge on any atom is -0.109 e. The molecule has 0 aliphatic carbocycles. The lowest BCUT2D eigenvalue weighted by Crippen LogP contribution is -0.986. The standard InChI is InChI=1S/H7P5/c1-4-5(2)3/h4H,1-3H2/i1T,4D. The molecule has 4 unspecified atom stereocenters. The summed E-state index contributed by atoms with van der Waals surface area (Å²) in [6.45, 7) is -0.272. The Hall–Kier alpha value is 2.15. The summed E-state index contributed by atoms with van der Waals surface area (Å²) in [5, 5.41) is 0. The summed E-state index contributed by atoms with van der Waals surface area (Å²) in [5.74, 6) is 0. The molecule has 0 nitrogen and oxygen atoms in total. The Morgan fingerprint density at radius 3 is 2.80 bits per heavy atom. The molecule has 0 amide bonds. The van der Waals surface area contributed by atoms with E-state index >= 15 is 0 Å². The van der Waals surface area contributed by atoms with Gasteiger partial charge in [0, 0.05) is 0 Å². The molecule has 0 aliphatic heterocycles. The fourth-order valence-electron chi connectivity index (χ4n) is 0. The summed E-state index contributed by atoms with van der Waals surface area (Å²) in [6, 6.07) is 0. The van der Waals surface area contributed by atoms with Crippen LogP contribution in [-0.2, 0) is 0 Å². The van der Waals surface area contributed by atoms with Gasteiger partial charge >= 0.3 is 0 Å². The molecule has 0 bridgehead atoms. The van der Waals surface area contributed by atoms with E-state index in [2.05, 4.69) is 17.9 Å². The molecule has 0 aromatic heterocycles. The van der Waals surface area contributed by atoms with Crippen LogP contribution >= 0.6 is 41.6 Å². The van der Waals surface area contributed by atoms with Gasteiger partial charge in [0.25, 0.3) is 0 Å². The van der Waals surface area contributed by atoms with E-state index in [0.29, 0.717) is 0 Å². The molecule has 5 heavy (non-hydrogen) atoms. The molecule has 0 aromatic carbocycles. The summed E-state index contributed by atoms with van der Waals surface area (Å²) in [7, 11) is 4.53. The van der Waals surface area contributed by atoms with Crippen LogP contribution in [0.3, 0.4) is 0 Å². The average molecular weight is 165 g/mol. The van der Waals surface area contributed by atoms with E-state index in [1.54, 1.807) is 0 Å². The summed E-state index contributed by atoms with van der Waals surface area (Å²) < 4.78 is 13.9. The minimum atomic E-state index is -0.702. The molecule has 0 rings (SSSR count). The average Bonchev–Trinajstić information content (AvgIpc) is 1.65. The third-order valence-electron chi connectivity index (χ3n) is 0.115. The Balaban J connectivity index is 3.14. The van der Waals surface area contributed by atoms with E-state index in [1.807, 2.05) is 0 Å². The molecule has 0 fully saturated rings. The van der Waals surface area contributed by atoms with Gasteiger partial charge in [-0.25, -0.2) is 0 Å². The van der Waals surface area contributed by atoms with E-state index < -0.39 is 7.90 Å². The third-order valence-corrected chi connectivity index (χ3v) is 9.35. The molecular weight excluding hydrogens is 155 g/mol. The fraction of sp³-hybridized carbons (Fsp3) is 0. The molecule has 5 heteroatoms. The zero-order chi connectivity index (χ0) is 5.86. The molecular formula is H7P5. The SMILES string of the molecule is [2H]P(P[3H])P(P)P. The minimum absolute atomic E-state index is 0.0805. The summed E-state index contributed by atoms with van der Waals surface area (Å²) in [5.41, 5.74) is 0. The maximum absolute atomic E-state index is 7.15. The van der Waals surface area contributed by atoms with Crippen molar-refractivity contribution in [3.05, 3.63) is 0 Å². The van der Waals surface area contributed by atoms with Crippen molar-refractivity contribution in [3.63, 3.8) is 0 Å². The Morgan fingerprint density at radius 1 is 2.20 bits per heavy atom. The van der Waals surface area contributed by atoms with Gasteiger partial charge in [-0.3, -0.25) is 0 Å². The highest BCUT2D eigenvalue weighted by atomic mass is 32.8. The Morgan fingerprint density at radius 2 is 2.80 bits per heavy atom. The van der Waals surface area contributed by atoms with Crippen LogP contribution in [-0.4, -0.2) is 2.56 Å². The lowest BCUT2D eigenvalue weighted by Gasteiger charge is -1.92. The van der Waals surface area contributed by atoms with Gasteiger partial charge in [0.2, 0.25) is 0 Å². The summed E-state index contributed by atoms with van der Waals surface area (Å²) in [6.07, 6.45) is 0. The van der Waals surface area contributed by atoms with Crippen LogP contribution in [0.4, 0.5) is 0 Å². The van der Waals surface area contributed by atoms with Gasteiger partial charge in [-0.2, -0.15) is 0 Å². The summed E-state index contributed by atoms with van der Waals surface area (Å²) >= 11 is 0. The van der Waals surface area contributed by atoms with Crippen LogP contribution in [0.5, 0.6) is 0 Å². The van der Waals surface area contributed by atoms with Crippen LogP contribution in [0.25, 0.3) is 0 Å². The number of hydrogen-bond acceptors (Lipinski definition) is 0. The molecule has 0 spiro atoms. The van der Waals surface area contributed by atoms with Crippen LogP contribution in [0.15, 0.2) is 0 Å². The van der Waals surface area contributed by atoms with Gasteiger partial charge in [-0.05, 0) is 6.99 Å². The second kappa shape index (κ2) is 4.31. The van der Waals surface area contributed by atoms with Crippen LogP contribution < -0.4 is 0 Å². The van der Waals surface area contributed by atoms with E-state index in [9.17, 15) is 0 Å². The maximum atomic E-state index is 7.15. The molecule has 4 atom stereocenters. The monoisotopic (exact) mass is 165 g/mol. The van der Waals surface area contributed by atoms with Gasteiger partial charge in [-0.15, -0.1) is 26.7 Å². The highest BCUT2D eigenvalue weighted by Crippen LogP contribution is 2.71. The molecule has 0 saturated heterocycles. The van der Waals surface area contributed by atoms with E-state index in [-0.39, 0.29) is 15.9 Å². The molecule has 0 N–H and O–H groups in total. The molecule has 0 aromatic rings. The lowest BCUT2D eigenvalue weighted by atomic mass is 29.1. The van der Waals surface area contributed by atoms with Crippen molar-refractivity contribution >= 4 is 41.6 Å². The smallest absolute Gasteiger partial charge is 0.0677 e. The van der Waals surface area contributed by atoms with Gasteiger partial charge in [0.1, 0.15) is 0 Å². The Labute approximate surface area is 44.9 Å². The molecule has 0 radical (unpaired) electrons. The molecule has 0 heterocycles. The normalized spacial score (nSPS) is 23.8. The predicted molar refractivity (Wildman–Crippen MR) is 44.4 cm³/mol. The van der Waals surface area contributed by atoms with Crippen molar-refractivity contribution in [2.24, 2.45) is 0 Å². The van der Waals surface area contributed by atoms with Crippen LogP contribution in [0.2, 0.25) is 0 Å². The number of rotatable bonds is 2. The molecule has 0 saturated carbocycles. The zero-order valence-electron chi connectivity index (χ0n) is 4.55. The topological polar surface area (TPSA) is 0 Å². The largest absolute Gasteiger partial charge is 0.109 e. The van der Waals surface area contributed by atoms with Gasteiger partial charge in [0.15, 0.2) is 0 Å². The van der Waals surface area contributed by atoms with Crippen LogP contribution in [0, 0.1) is 0 Å². The third kappa shape index (κ3) is 6.15. The highest BCUT2D eigenvalue weighted by Gasteiger charge is 1.78. The lowest BCUT2D eigenvalue weighted by molar-refractivity contribution is 5.07. The zero-order valence-corrected chi connectivity index (χ0v) is 7.65. The fourth-order valence-corrected chi connectivity index (χ4v) is 0. The van der Waals surface area contributed by atoms with Crippen molar-refractivity contribution < 1.29 is 0 Å². The van der Waals surface area contributed by atoms with Crippen molar-refractivity contribution in [1.29, 1.82) is 2.56 Å². The second-order valence-electron chi connectivity index (χ2n) is 0.480. The highest BCUT2D eigenvalue weighted by molar-refractivity contribution is 8.77. The predicted octanol–water partition coefficient (Wildman–Crippen LogP) is 2.43. The quantitative estimate of drug-likeness (QED) is 0.551. The summed E-state index contributed by atoms with van der Waals surface area (Å²) in [4.78, 5) is 0. The first-order chi connectivity index (χ1) is 3.18. The van der Waals surface area contributed by atoms with Gasteiger partial charge in [-0.1, -0.05) is 7.90 Å². The first-order valence-electron chi connectivity index (χ1n) is 1.89. The van der Waals surface area contributed by atoms with E-state index in [4.69, 9.17) is 2.56 Å². The van der Waals surface area contributed by atoms with Gasteiger partial charge < -0.3 is 0 Å². The first-order valence-corrected chi connectivity index (χ1v) is 8.46. The van der Waals surface area contributed by atoms with E-state index in [0.717, 1.165) is 0 Å². The molecule has 0 aliphatic rings. The van der Waals surface area contributed by atoms with Crippen molar-refractivity contribution in [2.45, 2.75) is 0 Å². The van der Waals surface area contributed by atoms with Crippen molar-refractivity contribution in [2.75, 3.05) is 0 Å². The Kier molecular flexibility index (Phi) is 3.51. The van der Waals surface area contributed by atoms with Crippen LogP contribution in [0.1, 0.15) is 0 Å². The first kappa shape index (κ1) is 4.07.